The fraction of sp³-hybridized carbons (Fsp3) is 0.138. The number of rotatable bonds is 12. The van der Waals surface area contributed by atoms with Gasteiger partial charge in [0.25, 0.3) is 0 Å². The predicted molar refractivity (Wildman–Crippen MR) is 151 cm³/mol. The van der Waals surface area contributed by atoms with E-state index in [1.54, 1.807) is 74.5 Å². The van der Waals surface area contributed by atoms with Crippen LogP contribution in [0.2, 0.25) is 0 Å². The van der Waals surface area contributed by atoms with Gasteiger partial charge in [-0.15, -0.1) is 0 Å². The molecule has 0 N–H and O–H groups in total. The van der Waals surface area contributed by atoms with E-state index in [4.69, 9.17) is 27.6 Å². The van der Waals surface area contributed by atoms with Gasteiger partial charge in [0.05, 0.1) is 23.8 Å². The molecule has 9 nitrogen and oxygen atoms in total. The maximum atomic E-state index is 13.3. The Balaban J connectivity index is 1.35. The van der Waals surface area contributed by atoms with Gasteiger partial charge in [0.1, 0.15) is 23.0 Å². The largest absolute Gasteiger partial charge is 0.519 e. The van der Waals surface area contributed by atoms with Crippen molar-refractivity contribution in [2.45, 2.75) is 13.8 Å². The summed E-state index contributed by atoms with van der Waals surface area (Å²) in [5, 5.41) is 0.857. The molecule has 0 spiro atoms. The minimum atomic E-state index is -3.59. The zero-order valence-corrected chi connectivity index (χ0v) is 23.7. The lowest BCUT2D eigenvalue weighted by Crippen LogP contribution is -2.14. The van der Waals surface area contributed by atoms with Crippen LogP contribution in [0.15, 0.2) is 109 Å². The number of ether oxygens (including phenoxy) is 2. The molecule has 4 aromatic carbocycles. The third-order valence-electron chi connectivity index (χ3n) is 5.24. The molecule has 208 valence electrons. The first-order valence-corrected chi connectivity index (χ1v) is 15.5. The van der Waals surface area contributed by atoms with Crippen molar-refractivity contribution in [3.8, 4) is 23.0 Å². The third kappa shape index (κ3) is 7.62. The minimum Gasteiger partial charge on any atom is -0.421 e. The molecule has 0 saturated carbocycles. The monoisotopic (exact) mass is 582 g/mol. The second-order valence-corrected chi connectivity index (χ2v) is 12.0. The molecule has 4 aromatic rings. The van der Waals surface area contributed by atoms with Crippen molar-refractivity contribution in [3.05, 3.63) is 109 Å². The Labute approximate surface area is 232 Å². The Kier molecular flexibility index (Phi) is 9.80. The zero-order chi connectivity index (χ0) is 28.4. The van der Waals surface area contributed by atoms with Crippen molar-refractivity contribution < 1.29 is 41.5 Å². The van der Waals surface area contributed by atoms with Gasteiger partial charge < -0.3 is 18.5 Å². The molecule has 0 saturated heterocycles. The fourth-order valence-electron chi connectivity index (χ4n) is 3.50. The molecule has 0 radical (unpaired) electrons. The van der Waals surface area contributed by atoms with Gasteiger partial charge in [-0.3, -0.25) is 9.05 Å². The molecular weight excluding hydrogens is 554 g/mol. The summed E-state index contributed by atoms with van der Waals surface area (Å²) in [5.41, 5.74) is 0. The zero-order valence-electron chi connectivity index (χ0n) is 21.9. The van der Waals surface area contributed by atoms with Gasteiger partial charge >= 0.3 is 21.3 Å². The van der Waals surface area contributed by atoms with Crippen LogP contribution in [0.3, 0.4) is 0 Å². The van der Waals surface area contributed by atoms with Crippen molar-refractivity contribution in [2.24, 2.45) is 0 Å². The highest BCUT2D eigenvalue weighted by Crippen LogP contribution is 2.48. The highest BCUT2D eigenvalue weighted by atomic mass is 31.2. The SMILES string of the molecule is CCOP(=O)(Oc1ccc(OC(=O)Oc2ccc(OP(=O)(OCC)c3ccccc3)cc2)cc1)c1ccccc1. The molecule has 0 bridgehead atoms. The smallest absolute Gasteiger partial charge is 0.421 e. The number of hydrogen-bond acceptors (Lipinski definition) is 9. The van der Waals surface area contributed by atoms with E-state index in [1.165, 1.54) is 48.5 Å². The molecule has 40 heavy (non-hydrogen) atoms. The molecule has 0 aliphatic rings. The summed E-state index contributed by atoms with van der Waals surface area (Å²) >= 11 is 0. The Morgan fingerprint density at radius 2 is 0.850 bits per heavy atom. The number of carbonyl (C=O) groups is 1. The normalized spacial score (nSPS) is 13.8. The van der Waals surface area contributed by atoms with Gasteiger partial charge in [0.15, 0.2) is 0 Å². The standard InChI is InChI=1S/C29H28O9P2/c1-3-33-39(31,27-11-7-5-8-12-27)37-25-19-15-23(16-20-25)35-29(30)36-24-17-21-26(22-18-24)38-40(32,34-4-2)28-13-9-6-10-14-28/h5-22H,3-4H2,1-2H3. The van der Waals surface area contributed by atoms with Crippen LogP contribution in [0.25, 0.3) is 0 Å². The quantitative estimate of drug-likeness (QED) is 0.0979. The van der Waals surface area contributed by atoms with E-state index in [9.17, 15) is 13.9 Å². The first-order valence-electron chi connectivity index (χ1n) is 12.4. The summed E-state index contributed by atoms with van der Waals surface area (Å²) in [5.74, 6) is 0.918. The molecule has 0 fully saturated rings. The summed E-state index contributed by atoms with van der Waals surface area (Å²) in [6, 6.07) is 29.2. The van der Waals surface area contributed by atoms with E-state index in [1.807, 2.05) is 0 Å². The first-order chi connectivity index (χ1) is 19.3. The van der Waals surface area contributed by atoms with Crippen LogP contribution in [0.1, 0.15) is 13.8 Å². The van der Waals surface area contributed by atoms with Crippen molar-refractivity contribution in [1.29, 1.82) is 0 Å². The van der Waals surface area contributed by atoms with Crippen LogP contribution < -0.4 is 29.1 Å². The van der Waals surface area contributed by atoms with E-state index in [-0.39, 0.29) is 36.2 Å². The molecule has 11 heteroatoms. The lowest BCUT2D eigenvalue weighted by Gasteiger charge is -2.19. The third-order valence-corrected chi connectivity index (χ3v) is 9.20. The van der Waals surface area contributed by atoms with Crippen LogP contribution in [-0.2, 0) is 18.2 Å². The molecule has 0 aliphatic carbocycles. The van der Waals surface area contributed by atoms with Crippen molar-refractivity contribution in [3.63, 3.8) is 0 Å². The molecule has 0 aliphatic heterocycles. The van der Waals surface area contributed by atoms with Crippen molar-refractivity contribution in [2.75, 3.05) is 13.2 Å². The summed E-state index contributed by atoms with van der Waals surface area (Å²) in [4.78, 5) is 12.3. The molecule has 2 atom stereocenters. The van der Waals surface area contributed by atoms with E-state index >= 15 is 0 Å². The van der Waals surface area contributed by atoms with E-state index < -0.39 is 21.3 Å². The summed E-state index contributed by atoms with van der Waals surface area (Å²) in [6.07, 6.45) is -0.976. The number of benzene rings is 4. The lowest BCUT2D eigenvalue weighted by atomic mass is 10.3. The molecule has 0 aromatic heterocycles. The first kappa shape index (κ1) is 29.1. The maximum Gasteiger partial charge on any atom is 0.519 e. The van der Waals surface area contributed by atoms with E-state index in [0.717, 1.165) is 0 Å². The van der Waals surface area contributed by atoms with Crippen LogP contribution in [0, 0.1) is 0 Å². The summed E-state index contributed by atoms with van der Waals surface area (Å²) < 4.78 is 59.3. The van der Waals surface area contributed by atoms with Gasteiger partial charge in [-0.05, 0) is 86.6 Å². The average molecular weight is 582 g/mol. The summed E-state index contributed by atoms with van der Waals surface area (Å²) in [7, 11) is -7.18. The molecular formula is C29H28O9P2. The second kappa shape index (κ2) is 13.5. The molecule has 4 rings (SSSR count). The Bertz CT molecular complexity index is 1360. The fourth-order valence-corrected chi connectivity index (χ4v) is 6.66. The Hall–Kier alpha value is -3.87. The van der Waals surface area contributed by atoms with Crippen LogP contribution in [-0.4, -0.2) is 19.4 Å². The topological polar surface area (TPSA) is 107 Å². The van der Waals surface area contributed by atoms with Crippen LogP contribution in [0.4, 0.5) is 4.79 Å². The van der Waals surface area contributed by atoms with E-state index in [2.05, 4.69) is 0 Å². The Morgan fingerprint density at radius 1 is 0.525 bits per heavy atom. The van der Waals surface area contributed by atoms with Gasteiger partial charge in [-0.1, -0.05) is 36.4 Å². The van der Waals surface area contributed by atoms with Gasteiger partial charge in [0.2, 0.25) is 0 Å². The van der Waals surface area contributed by atoms with Gasteiger partial charge in [-0.2, -0.15) is 0 Å². The van der Waals surface area contributed by atoms with Gasteiger partial charge in [-0.25, -0.2) is 13.9 Å². The van der Waals surface area contributed by atoms with Crippen LogP contribution in [0.5, 0.6) is 23.0 Å². The second-order valence-electron chi connectivity index (χ2n) is 8.08. The van der Waals surface area contributed by atoms with Crippen molar-refractivity contribution in [1.82, 2.24) is 0 Å². The maximum absolute atomic E-state index is 13.3. The molecule has 0 amide bonds. The van der Waals surface area contributed by atoms with Crippen molar-refractivity contribution >= 4 is 32.0 Å². The Morgan fingerprint density at radius 3 is 1.18 bits per heavy atom. The predicted octanol–water partition coefficient (Wildman–Crippen LogP) is 7.13. The summed E-state index contributed by atoms with van der Waals surface area (Å²) in [6.45, 7) is 3.86. The molecule has 2 unspecified atom stereocenters. The van der Waals surface area contributed by atoms with Crippen LogP contribution >= 0.6 is 15.2 Å². The van der Waals surface area contributed by atoms with Gasteiger partial charge in [0, 0.05) is 0 Å². The highest BCUT2D eigenvalue weighted by Gasteiger charge is 2.29. The molecule has 0 heterocycles. The lowest BCUT2D eigenvalue weighted by molar-refractivity contribution is 0.151. The number of carbonyl (C=O) groups excluding carboxylic acids is 1. The number of hydrogen-bond donors (Lipinski definition) is 0. The average Bonchev–Trinajstić information content (AvgIpc) is 2.96. The minimum absolute atomic E-state index is 0.184. The van der Waals surface area contributed by atoms with E-state index in [0.29, 0.717) is 10.6 Å². The highest BCUT2D eigenvalue weighted by molar-refractivity contribution is 7.62.